The normalized spacial score (nSPS) is 31.5. The molecule has 2 amide bonds. The van der Waals surface area contributed by atoms with Gasteiger partial charge in [-0.25, -0.2) is 0 Å². The summed E-state index contributed by atoms with van der Waals surface area (Å²) in [6.45, 7) is 3.65. The van der Waals surface area contributed by atoms with Crippen LogP contribution in [0.1, 0.15) is 36.7 Å². The van der Waals surface area contributed by atoms with Gasteiger partial charge in [0.05, 0.1) is 6.10 Å². The summed E-state index contributed by atoms with van der Waals surface area (Å²) in [6, 6.07) is 4.10. The Balaban J connectivity index is 1.43. The van der Waals surface area contributed by atoms with E-state index in [2.05, 4.69) is 22.2 Å². The van der Waals surface area contributed by atoms with Gasteiger partial charge in [0.15, 0.2) is 0 Å². The third-order valence-corrected chi connectivity index (χ3v) is 5.55. The molecule has 0 spiro atoms. The van der Waals surface area contributed by atoms with Crippen molar-refractivity contribution in [3.05, 3.63) is 24.0 Å². The molecule has 1 aromatic rings. The summed E-state index contributed by atoms with van der Waals surface area (Å²) in [6.07, 6.45) is 3.94. The van der Waals surface area contributed by atoms with Crippen molar-refractivity contribution in [3.8, 4) is 0 Å². The standard InChI is InChI=1S/C18H24N4O3/c1-11-3-4-16(25-11)17(23)20-12-5-6-19-15(7-12)18(24)22-10-13-8-14(22)9-21(13)2/h5-7,11,13-14,16H,3-4,8-10H2,1-2H3,(H,19,20,23)/t11?,13?,14-,16?/m1/s1. The van der Waals surface area contributed by atoms with Crippen LogP contribution < -0.4 is 5.32 Å². The van der Waals surface area contributed by atoms with Crippen LogP contribution >= 0.6 is 0 Å². The highest BCUT2D eigenvalue weighted by atomic mass is 16.5. The molecule has 7 nitrogen and oxygen atoms in total. The SMILES string of the molecule is CC1CCC(C(=O)Nc2ccnc(C(=O)N3CC4C[C@@H]3CN4C)c2)O1. The molecule has 0 aliphatic carbocycles. The summed E-state index contributed by atoms with van der Waals surface area (Å²) in [5.41, 5.74) is 0.974. The number of aromatic nitrogens is 1. The maximum Gasteiger partial charge on any atom is 0.272 e. The van der Waals surface area contributed by atoms with Crippen molar-refractivity contribution >= 4 is 17.5 Å². The Morgan fingerprint density at radius 1 is 1.28 bits per heavy atom. The van der Waals surface area contributed by atoms with E-state index >= 15 is 0 Å². The average molecular weight is 344 g/mol. The molecule has 1 N–H and O–H groups in total. The molecule has 3 aliphatic rings. The van der Waals surface area contributed by atoms with Crippen molar-refractivity contribution in [2.45, 2.75) is 50.5 Å². The molecule has 4 atom stereocenters. The number of carbonyl (C=O) groups is 2. The van der Waals surface area contributed by atoms with Crippen LogP contribution in [0.2, 0.25) is 0 Å². The summed E-state index contributed by atoms with van der Waals surface area (Å²) >= 11 is 0. The van der Waals surface area contributed by atoms with Crippen LogP contribution in [0.3, 0.4) is 0 Å². The topological polar surface area (TPSA) is 74.8 Å². The molecule has 2 bridgehead atoms. The number of likely N-dealkylation sites (tertiary alicyclic amines) is 2. The largest absolute Gasteiger partial charge is 0.365 e. The van der Waals surface area contributed by atoms with Crippen LogP contribution in [-0.2, 0) is 9.53 Å². The molecule has 0 aromatic carbocycles. The number of amides is 2. The number of carbonyl (C=O) groups excluding carboxylic acids is 2. The van der Waals surface area contributed by atoms with Gasteiger partial charge in [-0.05, 0) is 45.4 Å². The number of rotatable bonds is 3. The quantitative estimate of drug-likeness (QED) is 0.889. The Kier molecular flexibility index (Phi) is 4.21. The molecule has 3 unspecified atom stereocenters. The maximum atomic E-state index is 12.8. The average Bonchev–Trinajstić information content (AvgIpc) is 3.29. The number of nitrogens with zero attached hydrogens (tertiary/aromatic N) is 3. The zero-order valence-electron chi connectivity index (χ0n) is 14.6. The number of hydrogen-bond acceptors (Lipinski definition) is 5. The number of anilines is 1. The van der Waals surface area contributed by atoms with Crippen LogP contribution in [0.25, 0.3) is 0 Å². The molecule has 3 aliphatic heterocycles. The molecular weight excluding hydrogens is 320 g/mol. The summed E-state index contributed by atoms with van der Waals surface area (Å²) < 4.78 is 5.59. The number of fused-ring (bicyclic) bond motifs is 2. The van der Waals surface area contributed by atoms with E-state index < -0.39 is 6.10 Å². The maximum absolute atomic E-state index is 12.8. The van der Waals surface area contributed by atoms with Gasteiger partial charge in [-0.15, -0.1) is 0 Å². The van der Waals surface area contributed by atoms with Gasteiger partial charge in [0.25, 0.3) is 11.8 Å². The third kappa shape index (κ3) is 3.14. The van der Waals surface area contributed by atoms with E-state index in [-0.39, 0.29) is 24.0 Å². The van der Waals surface area contributed by atoms with Gasteiger partial charge in [0.2, 0.25) is 0 Å². The number of piperazine rings is 1. The summed E-state index contributed by atoms with van der Waals surface area (Å²) in [7, 11) is 2.10. The second-order valence-electron chi connectivity index (χ2n) is 7.37. The predicted octanol–water partition coefficient (Wildman–Crippen LogP) is 1.12. The fraction of sp³-hybridized carbons (Fsp3) is 0.611. The van der Waals surface area contributed by atoms with Gasteiger partial charge >= 0.3 is 0 Å². The highest BCUT2D eigenvalue weighted by Crippen LogP contribution is 2.30. The Bertz CT molecular complexity index is 693. The number of pyridine rings is 1. The predicted molar refractivity (Wildman–Crippen MR) is 92.3 cm³/mol. The molecule has 0 radical (unpaired) electrons. The molecule has 25 heavy (non-hydrogen) atoms. The molecular formula is C18H24N4O3. The lowest BCUT2D eigenvalue weighted by molar-refractivity contribution is -0.126. The molecule has 3 saturated heterocycles. The first-order valence-electron chi connectivity index (χ1n) is 8.95. The van der Waals surface area contributed by atoms with E-state index in [0.29, 0.717) is 17.4 Å². The minimum Gasteiger partial charge on any atom is -0.365 e. The highest BCUT2D eigenvalue weighted by molar-refractivity contribution is 5.97. The van der Waals surface area contributed by atoms with Gasteiger partial charge in [-0.3, -0.25) is 19.5 Å². The minimum atomic E-state index is -0.410. The van der Waals surface area contributed by atoms with E-state index in [4.69, 9.17) is 4.74 Å². The van der Waals surface area contributed by atoms with Gasteiger partial charge < -0.3 is 15.0 Å². The van der Waals surface area contributed by atoms with E-state index in [1.54, 1.807) is 18.3 Å². The Hall–Kier alpha value is -1.99. The molecule has 134 valence electrons. The first-order valence-corrected chi connectivity index (χ1v) is 8.95. The monoisotopic (exact) mass is 344 g/mol. The van der Waals surface area contributed by atoms with Crippen molar-refractivity contribution in [1.82, 2.24) is 14.8 Å². The molecule has 1 aromatic heterocycles. The zero-order valence-corrected chi connectivity index (χ0v) is 14.6. The third-order valence-electron chi connectivity index (χ3n) is 5.55. The second kappa shape index (κ2) is 6.38. The van der Waals surface area contributed by atoms with E-state index in [1.165, 1.54) is 0 Å². The van der Waals surface area contributed by atoms with Gasteiger partial charge in [0.1, 0.15) is 11.8 Å². The van der Waals surface area contributed by atoms with Crippen molar-refractivity contribution in [2.75, 3.05) is 25.5 Å². The smallest absolute Gasteiger partial charge is 0.272 e. The molecule has 4 heterocycles. The van der Waals surface area contributed by atoms with Crippen molar-refractivity contribution in [2.24, 2.45) is 0 Å². The number of hydrogen-bond donors (Lipinski definition) is 1. The minimum absolute atomic E-state index is 0.0533. The number of likely N-dealkylation sites (N-methyl/N-ethyl adjacent to an activating group) is 1. The Labute approximate surface area is 147 Å². The molecule has 3 fully saturated rings. The van der Waals surface area contributed by atoms with Crippen LogP contribution in [0.15, 0.2) is 18.3 Å². The van der Waals surface area contributed by atoms with Crippen molar-refractivity contribution < 1.29 is 14.3 Å². The Morgan fingerprint density at radius 2 is 2.12 bits per heavy atom. The second-order valence-corrected chi connectivity index (χ2v) is 7.37. The van der Waals surface area contributed by atoms with Crippen LogP contribution in [-0.4, -0.2) is 71.0 Å². The first-order chi connectivity index (χ1) is 12.0. The van der Waals surface area contributed by atoms with E-state index in [1.807, 2.05) is 11.8 Å². The van der Waals surface area contributed by atoms with Gasteiger partial charge in [-0.2, -0.15) is 0 Å². The van der Waals surface area contributed by atoms with Gasteiger partial charge in [0, 0.05) is 37.1 Å². The lowest BCUT2D eigenvalue weighted by atomic mass is 10.2. The van der Waals surface area contributed by atoms with Gasteiger partial charge in [-0.1, -0.05) is 0 Å². The van der Waals surface area contributed by atoms with E-state index in [0.717, 1.165) is 32.4 Å². The van der Waals surface area contributed by atoms with E-state index in [9.17, 15) is 9.59 Å². The van der Waals surface area contributed by atoms with Crippen molar-refractivity contribution in [3.63, 3.8) is 0 Å². The lowest BCUT2D eigenvalue weighted by Crippen LogP contribution is -2.47. The van der Waals surface area contributed by atoms with Crippen LogP contribution in [0.4, 0.5) is 5.69 Å². The van der Waals surface area contributed by atoms with Crippen LogP contribution in [0, 0.1) is 0 Å². The first kappa shape index (κ1) is 16.5. The molecule has 0 saturated carbocycles. The Morgan fingerprint density at radius 3 is 2.76 bits per heavy atom. The summed E-state index contributed by atoms with van der Waals surface area (Å²) in [5, 5.41) is 2.85. The highest BCUT2D eigenvalue weighted by Gasteiger charge is 2.44. The fourth-order valence-corrected chi connectivity index (χ4v) is 4.11. The number of ether oxygens (including phenoxy) is 1. The van der Waals surface area contributed by atoms with Crippen molar-refractivity contribution in [1.29, 1.82) is 0 Å². The zero-order chi connectivity index (χ0) is 17.6. The summed E-state index contributed by atoms with van der Waals surface area (Å²) in [5.74, 6) is -0.210. The lowest BCUT2D eigenvalue weighted by Gasteiger charge is -2.31. The molecule has 7 heteroatoms. The molecule has 4 rings (SSSR count). The fourth-order valence-electron chi connectivity index (χ4n) is 4.11. The number of nitrogens with one attached hydrogen (secondary N) is 1. The van der Waals surface area contributed by atoms with Crippen LogP contribution in [0.5, 0.6) is 0 Å². The summed E-state index contributed by atoms with van der Waals surface area (Å²) in [4.78, 5) is 33.5.